The van der Waals surface area contributed by atoms with Crippen molar-refractivity contribution in [3.8, 4) is 0 Å². The average Bonchev–Trinajstić information content (AvgIpc) is 4.14. The predicted molar refractivity (Wildman–Crippen MR) is 247 cm³/mol. The number of carboxylic acid groups (broad SMARTS) is 1. The minimum Gasteiger partial charge on any atom is -0.480 e. The van der Waals surface area contributed by atoms with E-state index in [4.69, 9.17) is 11.5 Å². The summed E-state index contributed by atoms with van der Waals surface area (Å²) in [6, 6.07) is -14.4. The monoisotopic (exact) mass is 1020 g/mol. The van der Waals surface area contributed by atoms with E-state index in [1.54, 1.807) is 13.8 Å². The fourth-order valence-electron chi connectivity index (χ4n) is 7.94. The number of aliphatic hydroxyl groups excluding tert-OH is 4. The molecular weight excluding hydrogens is 955 g/mol. The molecule has 0 radical (unpaired) electrons. The summed E-state index contributed by atoms with van der Waals surface area (Å²) in [5.74, 6) is -10.8. The number of nitrogens with zero attached hydrogens (tertiary/aromatic N) is 3. The molecule has 72 heavy (non-hydrogen) atoms. The van der Waals surface area contributed by atoms with E-state index in [-0.39, 0.29) is 44.7 Å². The van der Waals surface area contributed by atoms with Crippen LogP contribution in [0.4, 0.5) is 0 Å². The van der Waals surface area contributed by atoms with Crippen molar-refractivity contribution in [1.29, 1.82) is 0 Å². The quantitative estimate of drug-likeness (QED) is 0.0371. The Hall–Kier alpha value is -6.82. The Balaban J connectivity index is 1.76. The number of carboxylic acids is 1. The molecule has 29 nitrogen and oxygen atoms in total. The van der Waals surface area contributed by atoms with Crippen molar-refractivity contribution >= 4 is 65.0 Å². The third-order valence-electron chi connectivity index (χ3n) is 11.8. The number of rotatable bonds is 28. The molecule has 17 N–H and O–H groups in total. The molecule has 0 aliphatic carbocycles. The van der Waals surface area contributed by atoms with Gasteiger partial charge in [-0.1, -0.05) is 13.8 Å². The van der Waals surface area contributed by atoms with Crippen LogP contribution in [-0.2, 0) is 59.2 Å². The first-order valence-electron chi connectivity index (χ1n) is 23.4. The summed E-state index contributed by atoms with van der Waals surface area (Å²) in [7, 11) is 0. The van der Waals surface area contributed by atoms with Gasteiger partial charge in [-0.2, -0.15) is 0 Å². The fraction of sp³-hybridized carbons (Fsp3) is 0.674. The Bertz CT molecular complexity index is 2090. The van der Waals surface area contributed by atoms with Crippen molar-refractivity contribution in [3.05, 3.63) is 18.2 Å². The Morgan fingerprint density at radius 3 is 1.65 bits per heavy atom. The van der Waals surface area contributed by atoms with Crippen LogP contribution in [0.5, 0.6) is 0 Å². The molecule has 2 saturated heterocycles. The molecule has 2 aliphatic rings. The number of hydrogen-bond acceptors (Lipinski definition) is 17. The minimum absolute atomic E-state index is 0.0619. The van der Waals surface area contributed by atoms with Gasteiger partial charge in [0.05, 0.1) is 38.3 Å². The third-order valence-corrected chi connectivity index (χ3v) is 11.8. The first-order valence-corrected chi connectivity index (χ1v) is 23.4. The zero-order chi connectivity index (χ0) is 54.0. The fourth-order valence-corrected chi connectivity index (χ4v) is 7.94. The lowest BCUT2D eigenvalue weighted by molar-refractivity contribution is -0.148. The molecule has 0 bridgehead atoms. The highest BCUT2D eigenvalue weighted by molar-refractivity contribution is 5.99. The molecule has 2 fully saturated rings. The maximum absolute atomic E-state index is 14.4. The molecular formula is C43H69N13O16. The second-order valence-electron chi connectivity index (χ2n) is 18.1. The number of imidazole rings is 1. The number of nitrogens with two attached hydrogens (primary N) is 2. The molecule has 0 saturated carbocycles. The summed E-state index contributed by atoms with van der Waals surface area (Å²) in [4.78, 5) is 153. The second-order valence-corrected chi connectivity index (χ2v) is 18.1. The van der Waals surface area contributed by atoms with Crippen LogP contribution in [0.15, 0.2) is 12.5 Å². The van der Waals surface area contributed by atoms with Gasteiger partial charge in [-0.3, -0.25) is 47.9 Å². The summed E-state index contributed by atoms with van der Waals surface area (Å²) in [6.07, 6.45) is 1.26. The second kappa shape index (κ2) is 28.3. The van der Waals surface area contributed by atoms with Crippen LogP contribution in [0.25, 0.3) is 0 Å². The van der Waals surface area contributed by atoms with Crippen LogP contribution < -0.4 is 48.7 Å². The molecule has 3 rings (SSSR count). The Kier molecular flexibility index (Phi) is 23.4. The van der Waals surface area contributed by atoms with E-state index in [0.29, 0.717) is 18.5 Å². The van der Waals surface area contributed by atoms with Crippen LogP contribution in [0.1, 0.15) is 78.3 Å². The number of H-pyrrole nitrogens is 1. The standard InChI is InChI=1S/C43H69N13O16/c1-20(2)13-26(50-37(65)29(18-59)53-40(68)33(22(4)60)54-34(62)21(3)44)41(69)56-12-6-8-31(56)42(70)55-11-5-7-30(55)39(67)49-25(14-23-15-46-19-47-23)35(63)51-28(17-58)38(66)52-27(16-57)36(64)48-24(43(71)72)9-10-32(45)61/h15,19-22,24-31,33,57-60H,5-14,16-18,44H2,1-4H3,(H2,45,61)(H,46,47)(H,48,64)(H,49,67)(H,50,65)(H,51,63)(H,52,66)(H,53,68)(H,54,62)(H,71,72)/t21-,22+,24-,25-,26-,27-,28-,29-,30-,31-,33-/m0/s1. The number of aliphatic hydroxyl groups is 4. The highest BCUT2D eigenvalue weighted by Gasteiger charge is 2.45. The van der Waals surface area contributed by atoms with Gasteiger partial charge in [-0.15, -0.1) is 0 Å². The minimum atomic E-state index is -1.79. The molecule has 0 unspecified atom stereocenters. The van der Waals surface area contributed by atoms with Gasteiger partial charge in [-0.05, 0) is 58.3 Å². The Labute approximate surface area is 413 Å². The molecule has 402 valence electrons. The number of aliphatic carboxylic acids is 1. The van der Waals surface area contributed by atoms with E-state index >= 15 is 0 Å². The molecule has 2 aliphatic heterocycles. The van der Waals surface area contributed by atoms with Crippen LogP contribution >= 0.6 is 0 Å². The summed E-state index contributed by atoms with van der Waals surface area (Å²) < 4.78 is 0. The van der Waals surface area contributed by atoms with E-state index in [1.165, 1.54) is 36.2 Å². The number of aromatic amines is 1. The first-order chi connectivity index (χ1) is 33.9. The smallest absolute Gasteiger partial charge is 0.326 e. The largest absolute Gasteiger partial charge is 0.480 e. The molecule has 1 aromatic heterocycles. The molecule has 3 heterocycles. The Morgan fingerprint density at radius 1 is 0.681 bits per heavy atom. The summed E-state index contributed by atoms with van der Waals surface area (Å²) in [5, 5.41) is 65.8. The van der Waals surface area contributed by atoms with E-state index in [1.807, 2.05) is 0 Å². The van der Waals surface area contributed by atoms with Gasteiger partial charge in [0.2, 0.25) is 59.1 Å². The van der Waals surface area contributed by atoms with Gasteiger partial charge in [0.25, 0.3) is 0 Å². The lowest BCUT2D eigenvalue weighted by atomic mass is 10.0. The zero-order valence-electron chi connectivity index (χ0n) is 40.5. The molecule has 1 aromatic rings. The van der Waals surface area contributed by atoms with Gasteiger partial charge in [0.15, 0.2) is 0 Å². The number of likely N-dealkylation sites (tertiary alicyclic amines) is 2. The molecule has 29 heteroatoms. The first kappa shape index (κ1) is 59.5. The summed E-state index contributed by atoms with van der Waals surface area (Å²) in [6.45, 7) is 3.24. The lowest BCUT2D eigenvalue weighted by Gasteiger charge is -2.34. The average molecular weight is 1020 g/mol. The topological polar surface area (TPSA) is 460 Å². The number of hydrogen-bond donors (Lipinski definition) is 15. The van der Waals surface area contributed by atoms with Crippen molar-refractivity contribution in [2.75, 3.05) is 32.9 Å². The van der Waals surface area contributed by atoms with Gasteiger partial charge >= 0.3 is 5.97 Å². The van der Waals surface area contributed by atoms with Crippen molar-refractivity contribution in [2.45, 2.75) is 146 Å². The molecule has 10 amide bonds. The molecule has 0 aromatic carbocycles. The third kappa shape index (κ3) is 17.2. The van der Waals surface area contributed by atoms with Crippen molar-refractivity contribution in [1.82, 2.24) is 57.0 Å². The zero-order valence-corrected chi connectivity index (χ0v) is 40.5. The number of amides is 10. The van der Waals surface area contributed by atoms with Gasteiger partial charge in [0.1, 0.15) is 54.4 Å². The van der Waals surface area contributed by atoms with Gasteiger partial charge < -0.3 is 89.0 Å². The van der Waals surface area contributed by atoms with E-state index in [9.17, 15) is 78.3 Å². The van der Waals surface area contributed by atoms with Crippen LogP contribution in [0, 0.1) is 5.92 Å². The van der Waals surface area contributed by atoms with Gasteiger partial charge in [0, 0.05) is 37.8 Å². The maximum Gasteiger partial charge on any atom is 0.326 e. The SMILES string of the molecule is CC(C)C[C@H](NC(=O)[C@H](CO)NC(=O)[C@@H](NC(=O)[C@H](C)N)[C@@H](C)O)C(=O)N1CCC[C@H]1C(=O)N1CCC[C@H]1C(=O)N[C@@H](Cc1cnc[nH]1)C(=O)N[C@@H](CO)C(=O)N[C@@H](CO)C(=O)N[C@@H](CCC(N)=O)C(=O)O. The van der Waals surface area contributed by atoms with Crippen LogP contribution in [0.2, 0.25) is 0 Å². The maximum atomic E-state index is 14.4. The normalized spacial score (nSPS) is 19.2. The van der Waals surface area contributed by atoms with Gasteiger partial charge in [-0.25, -0.2) is 9.78 Å². The van der Waals surface area contributed by atoms with Crippen LogP contribution in [-0.4, -0.2) is 210 Å². The molecule has 11 atom stereocenters. The number of carbonyl (C=O) groups excluding carboxylic acids is 10. The number of aromatic nitrogens is 2. The number of carbonyl (C=O) groups is 11. The summed E-state index contributed by atoms with van der Waals surface area (Å²) in [5.41, 5.74) is 11.0. The van der Waals surface area contributed by atoms with E-state index in [0.717, 1.165) is 0 Å². The van der Waals surface area contributed by atoms with Crippen molar-refractivity contribution < 1.29 is 78.3 Å². The number of nitrogens with one attached hydrogen (secondary N) is 8. The molecule has 0 spiro atoms. The number of primary amides is 1. The van der Waals surface area contributed by atoms with Crippen molar-refractivity contribution in [3.63, 3.8) is 0 Å². The van der Waals surface area contributed by atoms with E-state index in [2.05, 4.69) is 47.2 Å². The Morgan fingerprint density at radius 2 is 1.18 bits per heavy atom. The van der Waals surface area contributed by atoms with Crippen LogP contribution in [0.3, 0.4) is 0 Å². The van der Waals surface area contributed by atoms with E-state index < -0.39 is 164 Å². The summed E-state index contributed by atoms with van der Waals surface area (Å²) >= 11 is 0. The predicted octanol–water partition coefficient (Wildman–Crippen LogP) is -7.57. The highest BCUT2D eigenvalue weighted by Crippen LogP contribution is 2.27. The van der Waals surface area contributed by atoms with Crippen molar-refractivity contribution in [2.24, 2.45) is 17.4 Å². The highest BCUT2D eigenvalue weighted by atomic mass is 16.4. The lowest BCUT2D eigenvalue weighted by Crippen LogP contribution is -2.61.